The molecule has 0 aliphatic carbocycles. The zero-order chi connectivity index (χ0) is 15.8. The number of piperazine rings is 1. The van der Waals surface area contributed by atoms with Gasteiger partial charge >= 0.3 is 0 Å². The lowest BCUT2D eigenvalue weighted by atomic mass is 10.1. The minimum absolute atomic E-state index is 0.148. The molecule has 0 bridgehead atoms. The number of fused-ring (bicyclic) bond motifs is 1. The van der Waals surface area contributed by atoms with Crippen LogP contribution in [-0.4, -0.2) is 46.7 Å². The molecule has 6 nitrogen and oxygen atoms in total. The summed E-state index contributed by atoms with van der Waals surface area (Å²) in [6.45, 7) is 4.78. The molecule has 1 aromatic carbocycles. The fourth-order valence-electron chi connectivity index (χ4n) is 3.00. The van der Waals surface area contributed by atoms with Gasteiger partial charge in [-0.3, -0.25) is 9.88 Å². The van der Waals surface area contributed by atoms with E-state index < -0.39 is 0 Å². The lowest BCUT2D eigenvalue weighted by Gasteiger charge is -2.30. The third kappa shape index (κ3) is 2.60. The molecule has 4 rings (SSSR count). The molecule has 2 aromatic heterocycles. The molecule has 23 heavy (non-hydrogen) atoms. The highest BCUT2D eigenvalue weighted by Gasteiger charge is 2.26. The topological polar surface area (TPSA) is 67.1 Å². The van der Waals surface area contributed by atoms with Crippen molar-refractivity contribution < 1.29 is 4.52 Å². The highest BCUT2D eigenvalue weighted by Crippen LogP contribution is 2.27. The Morgan fingerprint density at radius 2 is 2.13 bits per heavy atom. The number of aryl methyl sites for hydroxylation is 1. The molecule has 3 aromatic rings. The molecule has 0 radical (unpaired) electrons. The summed E-state index contributed by atoms with van der Waals surface area (Å²) in [4.78, 5) is 11.5. The van der Waals surface area contributed by atoms with E-state index in [9.17, 15) is 0 Å². The van der Waals surface area contributed by atoms with Gasteiger partial charge in [0.15, 0.2) is 5.82 Å². The highest BCUT2D eigenvalue weighted by molar-refractivity contribution is 5.83. The maximum Gasteiger partial charge on any atom is 0.259 e. The van der Waals surface area contributed by atoms with Gasteiger partial charge in [0.05, 0.1) is 22.8 Å². The minimum atomic E-state index is 0.148. The number of benzene rings is 1. The molecule has 3 heterocycles. The maximum atomic E-state index is 5.53. The Kier molecular flexibility index (Phi) is 3.55. The molecule has 1 N–H and O–H groups in total. The molecule has 1 fully saturated rings. The van der Waals surface area contributed by atoms with Gasteiger partial charge in [0.2, 0.25) is 0 Å². The van der Waals surface area contributed by atoms with Crippen LogP contribution in [0.3, 0.4) is 0 Å². The summed E-state index contributed by atoms with van der Waals surface area (Å²) < 4.78 is 5.53. The average molecular weight is 309 g/mol. The van der Waals surface area contributed by atoms with Crippen molar-refractivity contribution in [2.24, 2.45) is 0 Å². The summed E-state index contributed by atoms with van der Waals surface area (Å²) in [5.41, 5.74) is 2.77. The molecule has 0 spiro atoms. The summed E-state index contributed by atoms with van der Waals surface area (Å²) >= 11 is 0. The molecule has 0 amide bonds. The number of nitrogens with zero attached hydrogens (tertiary/aromatic N) is 4. The van der Waals surface area contributed by atoms with Crippen LogP contribution in [0.4, 0.5) is 0 Å². The average Bonchev–Trinajstić information content (AvgIpc) is 3.04. The summed E-state index contributed by atoms with van der Waals surface area (Å²) in [5.74, 6) is 1.26. The van der Waals surface area contributed by atoms with Crippen LogP contribution < -0.4 is 5.32 Å². The van der Waals surface area contributed by atoms with Crippen LogP contribution in [0.15, 0.2) is 34.9 Å². The lowest BCUT2D eigenvalue weighted by molar-refractivity contribution is 0.190. The molecule has 1 saturated heterocycles. The van der Waals surface area contributed by atoms with E-state index in [2.05, 4.69) is 38.5 Å². The van der Waals surface area contributed by atoms with E-state index in [4.69, 9.17) is 4.52 Å². The van der Waals surface area contributed by atoms with Crippen LogP contribution in [-0.2, 0) is 0 Å². The van der Waals surface area contributed by atoms with Crippen molar-refractivity contribution >= 4 is 10.9 Å². The SMILES string of the molecule is Cc1nc2ccccc2cc1-c1nc(C2CNCCN2C)no1. The molecule has 1 aliphatic rings. The van der Waals surface area contributed by atoms with Crippen molar-refractivity contribution in [1.29, 1.82) is 0 Å². The number of pyridine rings is 1. The van der Waals surface area contributed by atoms with Gasteiger partial charge in [0.25, 0.3) is 5.89 Å². The van der Waals surface area contributed by atoms with Gasteiger partial charge in [-0.15, -0.1) is 0 Å². The normalized spacial score (nSPS) is 19.3. The van der Waals surface area contributed by atoms with Crippen LogP contribution in [0.5, 0.6) is 0 Å². The minimum Gasteiger partial charge on any atom is -0.334 e. The van der Waals surface area contributed by atoms with Crippen LogP contribution in [0.25, 0.3) is 22.4 Å². The van der Waals surface area contributed by atoms with Crippen molar-refractivity contribution in [2.75, 3.05) is 26.7 Å². The predicted molar refractivity (Wildman–Crippen MR) is 88.0 cm³/mol. The van der Waals surface area contributed by atoms with Crippen molar-refractivity contribution in [3.8, 4) is 11.5 Å². The Morgan fingerprint density at radius 1 is 1.26 bits per heavy atom. The van der Waals surface area contributed by atoms with Crippen molar-refractivity contribution in [3.63, 3.8) is 0 Å². The quantitative estimate of drug-likeness (QED) is 0.782. The first kappa shape index (κ1) is 14.3. The van der Waals surface area contributed by atoms with Crippen LogP contribution >= 0.6 is 0 Å². The number of hydrogen-bond acceptors (Lipinski definition) is 6. The van der Waals surface area contributed by atoms with E-state index in [1.165, 1.54) is 0 Å². The summed E-state index contributed by atoms with van der Waals surface area (Å²) in [7, 11) is 2.09. The standard InChI is InChI=1S/C17H19N5O/c1-11-13(9-12-5-3-4-6-14(12)19-11)17-20-16(21-23-17)15-10-18-7-8-22(15)2/h3-6,9,15,18H,7-8,10H2,1-2H3. The van der Waals surface area contributed by atoms with Gasteiger partial charge in [-0.05, 0) is 26.1 Å². The van der Waals surface area contributed by atoms with E-state index in [0.717, 1.165) is 47.6 Å². The number of likely N-dealkylation sites (N-methyl/N-ethyl adjacent to an activating group) is 1. The molecular formula is C17H19N5O. The zero-order valence-electron chi connectivity index (χ0n) is 13.3. The zero-order valence-corrected chi connectivity index (χ0v) is 13.3. The van der Waals surface area contributed by atoms with Gasteiger partial charge in [-0.25, -0.2) is 0 Å². The molecule has 1 aliphatic heterocycles. The van der Waals surface area contributed by atoms with Crippen LogP contribution in [0.2, 0.25) is 0 Å². The Hall–Kier alpha value is -2.31. The van der Waals surface area contributed by atoms with E-state index >= 15 is 0 Å². The summed E-state index contributed by atoms with van der Waals surface area (Å²) in [6.07, 6.45) is 0. The Morgan fingerprint density at radius 3 is 3.00 bits per heavy atom. The van der Waals surface area contributed by atoms with Crippen molar-refractivity contribution in [1.82, 2.24) is 25.3 Å². The largest absolute Gasteiger partial charge is 0.334 e. The van der Waals surface area contributed by atoms with Gasteiger partial charge in [0, 0.05) is 25.0 Å². The molecule has 1 atom stereocenters. The number of aromatic nitrogens is 3. The number of nitrogens with one attached hydrogen (secondary N) is 1. The van der Waals surface area contributed by atoms with E-state index in [-0.39, 0.29) is 6.04 Å². The summed E-state index contributed by atoms with van der Waals surface area (Å²) in [6, 6.07) is 10.3. The lowest BCUT2D eigenvalue weighted by Crippen LogP contribution is -2.44. The second-order valence-electron chi connectivity index (χ2n) is 5.97. The third-order valence-corrected chi connectivity index (χ3v) is 4.40. The Bertz CT molecular complexity index is 844. The second kappa shape index (κ2) is 5.72. The molecule has 1 unspecified atom stereocenters. The van der Waals surface area contributed by atoms with E-state index in [1.54, 1.807) is 0 Å². The van der Waals surface area contributed by atoms with E-state index in [0.29, 0.717) is 5.89 Å². The first-order valence-electron chi connectivity index (χ1n) is 7.84. The van der Waals surface area contributed by atoms with Crippen molar-refractivity contribution in [2.45, 2.75) is 13.0 Å². The monoisotopic (exact) mass is 309 g/mol. The first-order valence-corrected chi connectivity index (χ1v) is 7.84. The number of para-hydroxylation sites is 1. The molecular weight excluding hydrogens is 290 g/mol. The van der Waals surface area contributed by atoms with Crippen LogP contribution in [0, 0.1) is 6.92 Å². The maximum absolute atomic E-state index is 5.53. The Labute approximate surface area is 134 Å². The fourth-order valence-corrected chi connectivity index (χ4v) is 3.00. The predicted octanol–water partition coefficient (Wildman–Crippen LogP) is 2.17. The fraction of sp³-hybridized carbons (Fsp3) is 0.353. The van der Waals surface area contributed by atoms with Gasteiger partial charge in [-0.2, -0.15) is 4.98 Å². The first-order chi connectivity index (χ1) is 11.2. The van der Waals surface area contributed by atoms with Gasteiger partial charge in [0.1, 0.15) is 0 Å². The van der Waals surface area contributed by atoms with Crippen LogP contribution in [0.1, 0.15) is 17.6 Å². The van der Waals surface area contributed by atoms with Crippen molar-refractivity contribution in [3.05, 3.63) is 41.9 Å². The van der Waals surface area contributed by atoms with E-state index in [1.807, 2.05) is 31.2 Å². The second-order valence-corrected chi connectivity index (χ2v) is 5.97. The molecule has 6 heteroatoms. The molecule has 0 saturated carbocycles. The third-order valence-electron chi connectivity index (χ3n) is 4.40. The summed E-state index contributed by atoms with van der Waals surface area (Å²) in [5, 5.41) is 8.64. The smallest absolute Gasteiger partial charge is 0.259 e. The highest BCUT2D eigenvalue weighted by atomic mass is 16.5. The van der Waals surface area contributed by atoms with Gasteiger partial charge in [-0.1, -0.05) is 23.4 Å². The molecule has 118 valence electrons. The number of hydrogen-bond donors (Lipinski definition) is 1. The van der Waals surface area contributed by atoms with Gasteiger partial charge < -0.3 is 9.84 Å². The number of rotatable bonds is 2. The Balaban J connectivity index is 1.72.